The van der Waals surface area contributed by atoms with Crippen molar-refractivity contribution in [3.63, 3.8) is 0 Å². The molecule has 0 bridgehead atoms. The number of amides is 1. The first kappa shape index (κ1) is 22.2. The topological polar surface area (TPSA) is 94.5 Å². The SMILES string of the molecule is CCOC(=S)NC(COC(C)=O)C(=O)Nc1ccc2cnn(-c3cccc(C)c3)c2c1. The maximum absolute atomic E-state index is 12.8. The van der Waals surface area contributed by atoms with Gasteiger partial charge >= 0.3 is 5.97 Å². The molecule has 0 aliphatic heterocycles. The Labute approximate surface area is 185 Å². The highest BCUT2D eigenvalue weighted by atomic mass is 32.1. The van der Waals surface area contributed by atoms with Crippen molar-refractivity contribution in [2.24, 2.45) is 0 Å². The van der Waals surface area contributed by atoms with E-state index in [1.807, 2.05) is 48.0 Å². The van der Waals surface area contributed by atoms with Gasteiger partial charge in [0.15, 0.2) is 0 Å². The standard InChI is InChI=1S/C22H24N4O4S/c1-4-29-22(31)25-19(13-30-15(3)27)21(28)24-17-9-8-16-12-23-26(20(16)11-17)18-7-5-6-14(2)10-18/h5-12,19H,4,13H2,1-3H3,(H,24,28)(H,25,31). The molecule has 3 rings (SSSR count). The summed E-state index contributed by atoms with van der Waals surface area (Å²) < 4.78 is 12.0. The van der Waals surface area contributed by atoms with E-state index in [2.05, 4.69) is 15.7 Å². The fourth-order valence-electron chi connectivity index (χ4n) is 2.99. The van der Waals surface area contributed by atoms with Crippen LogP contribution in [-0.4, -0.2) is 46.1 Å². The molecule has 31 heavy (non-hydrogen) atoms. The maximum Gasteiger partial charge on any atom is 0.302 e. The molecule has 1 heterocycles. The average molecular weight is 441 g/mol. The Bertz CT molecular complexity index is 1110. The Morgan fingerprint density at radius 2 is 2.00 bits per heavy atom. The highest BCUT2D eigenvalue weighted by Crippen LogP contribution is 2.22. The lowest BCUT2D eigenvalue weighted by Crippen LogP contribution is -2.47. The summed E-state index contributed by atoms with van der Waals surface area (Å²) in [5.41, 5.74) is 3.46. The molecule has 0 aliphatic carbocycles. The van der Waals surface area contributed by atoms with Crippen LogP contribution >= 0.6 is 12.2 Å². The number of carbonyl (C=O) groups excluding carboxylic acids is 2. The predicted molar refractivity (Wildman–Crippen MR) is 122 cm³/mol. The number of thiocarbonyl (C=S) groups is 1. The van der Waals surface area contributed by atoms with Crippen molar-refractivity contribution in [2.75, 3.05) is 18.5 Å². The molecule has 2 aromatic carbocycles. The quantitative estimate of drug-likeness (QED) is 0.431. The van der Waals surface area contributed by atoms with Gasteiger partial charge in [0.1, 0.15) is 12.6 Å². The smallest absolute Gasteiger partial charge is 0.302 e. The van der Waals surface area contributed by atoms with Gasteiger partial charge in [-0.25, -0.2) is 4.68 Å². The second kappa shape index (κ2) is 10.0. The fraction of sp³-hybridized carbons (Fsp3) is 0.273. The zero-order valence-electron chi connectivity index (χ0n) is 17.5. The summed E-state index contributed by atoms with van der Waals surface area (Å²) in [5, 5.41) is 11.1. The Morgan fingerprint density at radius 1 is 1.19 bits per heavy atom. The molecular formula is C22H24N4O4S. The van der Waals surface area contributed by atoms with Crippen molar-refractivity contribution >= 4 is 45.9 Å². The average Bonchev–Trinajstić information content (AvgIpc) is 3.14. The van der Waals surface area contributed by atoms with Gasteiger partial charge in [0.05, 0.1) is 24.0 Å². The Balaban J connectivity index is 1.83. The number of esters is 1. The summed E-state index contributed by atoms with van der Waals surface area (Å²) in [6, 6.07) is 12.6. The number of aryl methyl sites for hydroxylation is 1. The van der Waals surface area contributed by atoms with Gasteiger partial charge in [-0.1, -0.05) is 12.1 Å². The lowest BCUT2D eigenvalue weighted by molar-refractivity contribution is -0.142. The van der Waals surface area contributed by atoms with Gasteiger partial charge in [0.2, 0.25) is 0 Å². The van der Waals surface area contributed by atoms with Crippen molar-refractivity contribution in [2.45, 2.75) is 26.8 Å². The van der Waals surface area contributed by atoms with Crippen LogP contribution < -0.4 is 10.6 Å². The predicted octanol–water partition coefficient (Wildman–Crippen LogP) is 3.12. The Morgan fingerprint density at radius 3 is 2.71 bits per heavy atom. The highest BCUT2D eigenvalue weighted by Gasteiger charge is 2.22. The van der Waals surface area contributed by atoms with Crippen molar-refractivity contribution < 1.29 is 19.1 Å². The summed E-state index contributed by atoms with van der Waals surface area (Å²) in [6.07, 6.45) is 1.77. The van der Waals surface area contributed by atoms with E-state index in [1.54, 1.807) is 19.2 Å². The van der Waals surface area contributed by atoms with Crippen LogP contribution in [0.4, 0.5) is 5.69 Å². The zero-order chi connectivity index (χ0) is 22.4. The first-order chi connectivity index (χ1) is 14.9. The van der Waals surface area contributed by atoms with Crippen molar-refractivity contribution in [1.82, 2.24) is 15.1 Å². The van der Waals surface area contributed by atoms with Crippen LogP contribution in [0.15, 0.2) is 48.7 Å². The number of ether oxygens (including phenoxy) is 2. The molecule has 2 N–H and O–H groups in total. The number of hydrogen-bond donors (Lipinski definition) is 2. The molecule has 0 aliphatic rings. The minimum atomic E-state index is -0.902. The van der Waals surface area contributed by atoms with Crippen molar-refractivity contribution in [3.8, 4) is 5.69 Å². The molecule has 8 nitrogen and oxygen atoms in total. The second-order valence-electron chi connectivity index (χ2n) is 6.88. The normalized spacial score (nSPS) is 11.6. The van der Waals surface area contributed by atoms with E-state index in [0.717, 1.165) is 22.2 Å². The van der Waals surface area contributed by atoms with Crippen LogP contribution in [0.1, 0.15) is 19.4 Å². The van der Waals surface area contributed by atoms with E-state index >= 15 is 0 Å². The van der Waals surface area contributed by atoms with Gasteiger partial charge in [-0.2, -0.15) is 5.10 Å². The molecular weight excluding hydrogens is 416 g/mol. The Hall–Kier alpha value is -3.46. The van der Waals surface area contributed by atoms with Crippen LogP contribution in [0.3, 0.4) is 0 Å². The van der Waals surface area contributed by atoms with Crippen LogP contribution in [0.2, 0.25) is 0 Å². The van der Waals surface area contributed by atoms with Crippen LogP contribution in [0, 0.1) is 6.92 Å². The summed E-state index contributed by atoms with van der Waals surface area (Å²) >= 11 is 5.06. The zero-order valence-corrected chi connectivity index (χ0v) is 18.4. The highest BCUT2D eigenvalue weighted by molar-refractivity contribution is 7.80. The first-order valence-corrected chi connectivity index (χ1v) is 10.2. The number of nitrogens with zero attached hydrogens (tertiary/aromatic N) is 2. The Kier molecular flexibility index (Phi) is 7.19. The van der Waals surface area contributed by atoms with Crippen molar-refractivity contribution in [3.05, 3.63) is 54.2 Å². The van der Waals surface area contributed by atoms with E-state index in [0.29, 0.717) is 12.3 Å². The van der Waals surface area contributed by atoms with Gasteiger partial charge in [-0.05, 0) is 62.0 Å². The first-order valence-electron chi connectivity index (χ1n) is 9.79. The maximum atomic E-state index is 12.8. The molecule has 0 saturated carbocycles. The number of benzene rings is 2. The number of carbonyl (C=O) groups is 2. The third-order valence-corrected chi connectivity index (χ3v) is 4.66. The van der Waals surface area contributed by atoms with Crippen LogP contribution in [-0.2, 0) is 19.1 Å². The van der Waals surface area contributed by atoms with E-state index < -0.39 is 17.9 Å². The number of rotatable bonds is 7. The van der Waals surface area contributed by atoms with E-state index in [1.165, 1.54) is 6.92 Å². The molecule has 1 unspecified atom stereocenters. The van der Waals surface area contributed by atoms with Gasteiger partial charge in [-0.15, -0.1) is 0 Å². The fourth-order valence-corrected chi connectivity index (χ4v) is 3.25. The van der Waals surface area contributed by atoms with Crippen molar-refractivity contribution in [1.29, 1.82) is 0 Å². The molecule has 1 aromatic heterocycles. The molecule has 0 radical (unpaired) electrons. The number of anilines is 1. The summed E-state index contributed by atoms with van der Waals surface area (Å²) in [4.78, 5) is 24.0. The molecule has 3 aromatic rings. The van der Waals surface area contributed by atoms with Crippen LogP contribution in [0.25, 0.3) is 16.6 Å². The molecule has 0 spiro atoms. The van der Waals surface area contributed by atoms with Gasteiger partial charge in [0.25, 0.3) is 11.1 Å². The molecule has 0 fully saturated rings. The van der Waals surface area contributed by atoms with Gasteiger partial charge < -0.3 is 20.1 Å². The summed E-state index contributed by atoms with van der Waals surface area (Å²) in [7, 11) is 0. The minimum Gasteiger partial charge on any atom is -0.471 e. The van der Waals surface area contributed by atoms with E-state index in [9.17, 15) is 9.59 Å². The van der Waals surface area contributed by atoms with Gasteiger partial charge in [0, 0.05) is 18.0 Å². The third-order valence-electron chi connectivity index (χ3n) is 4.42. The van der Waals surface area contributed by atoms with Crippen LogP contribution in [0.5, 0.6) is 0 Å². The molecule has 0 saturated heterocycles. The largest absolute Gasteiger partial charge is 0.471 e. The molecule has 1 amide bonds. The minimum absolute atomic E-state index is 0.0581. The monoisotopic (exact) mass is 440 g/mol. The second-order valence-corrected chi connectivity index (χ2v) is 7.25. The van der Waals surface area contributed by atoms with Gasteiger partial charge in [-0.3, -0.25) is 9.59 Å². The number of aromatic nitrogens is 2. The number of fused-ring (bicyclic) bond motifs is 1. The van der Waals surface area contributed by atoms with E-state index in [-0.39, 0.29) is 11.8 Å². The number of nitrogens with one attached hydrogen (secondary N) is 2. The lowest BCUT2D eigenvalue weighted by Gasteiger charge is -2.19. The summed E-state index contributed by atoms with van der Waals surface area (Å²) in [5.74, 6) is -0.908. The third kappa shape index (κ3) is 5.79. The molecule has 162 valence electrons. The summed E-state index contributed by atoms with van der Waals surface area (Å²) in [6.45, 7) is 5.24. The molecule has 9 heteroatoms. The lowest BCUT2D eigenvalue weighted by atomic mass is 10.2. The van der Waals surface area contributed by atoms with E-state index in [4.69, 9.17) is 21.7 Å². The number of hydrogen-bond acceptors (Lipinski definition) is 6. The molecule has 1 atom stereocenters.